The molecule has 1 saturated heterocycles. The highest BCUT2D eigenvalue weighted by Gasteiger charge is 2.32. The summed E-state index contributed by atoms with van der Waals surface area (Å²) in [7, 11) is 0. The van der Waals surface area contributed by atoms with E-state index in [-0.39, 0.29) is 17.9 Å². The Bertz CT molecular complexity index is 350. The van der Waals surface area contributed by atoms with Crippen molar-refractivity contribution >= 4 is 11.9 Å². The molecule has 1 rings (SSSR count). The molecule has 0 aliphatic carbocycles. The van der Waals surface area contributed by atoms with E-state index in [0.717, 1.165) is 19.3 Å². The highest BCUT2D eigenvalue weighted by atomic mass is 16.5. The zero-order chi connectivity index (χ0) is 15.3. The van der Waals surface area contributed by atoms with Crippen molar-refractivity contribution in [3.63, 3.8) is 0 Å². The van der Waals surface area contributed by atoms with E-state index in [9.17, 15) is 9.59 Å². The van der Waals surface area contributed by atoms with Crippen LogP contribution in [0.1, 0.15) is 47.0 Å². The van der Waals surface area contributed by atoms with E-state index < -0.39 is 12.0 Å². The fourth-order valence-electron chi connectivity index (χ4n) is 2.71. The molecule has 1 aliphatic rings. The van der Waals surface area contributed by atoms with Crippen molar-refractivity contribution in [2.75, 3.05) is 19.7 Å². The number of rotatable bonds is 3. The van der Waals surface area contributed by atoms with Crippen molar-refractivity contribution in [3.8, 4) is 0 Å². The predicted molar refractivity (Wildman–Crippen MR) is 78.0 cm³/mol. The summed E-state index contributed by atoms with van der Waals surface area (Å²) < 4.78 is 4.81. The maximum absolute atomic E-state index is 12.2. The Morgan fingerprint density at radius 3 is 2.50 bits per heavy atom. The van der Waals surface area contributed by atoms with Crippen LogP contribution in [0.4, 0.5) is 0 Å². The lowest BCUT2D eigenvalue weighted by molar-refractivity contribution is -0.150. The summed E-state index contributed by atoms with van der Waals surface area (Å²) in [5.41, 5.74) is 5.94. The van der Waals surface area contributed by atoms with Gasteiger partial charge in [-0.1, -0.05) is 20.8 Å². The van der Waals surface area contributed by atoms with Gasteiger partial charge in [0.15, 0.2) is 6.04 Å². The molecule has 1 amide bonds. The summed E-state index contributed by atoms with van der Waals surface area (Å²) in [5.74, 6) is -0.341. The Labute approximate surface area is 121 Å². The monoisotopic (exact) mass is 284 g/mol. The Morgan fingerprint density at radius 1 is 1.30 bits per heavy atom. The van der Waals surface area contributed by atoms with Gasteiger partial charge in [0, 0.05) is 13.1 Å². The Hall–Kier alpha value is -1.10. The molecule has 2 unspecified atom stereocenters. The molecule has 5 heteroatoms. The van der Waals surface area contributed by atoms with E-state index in [1.54, 1.807) is 11.8 Å². The summed E-state index contributed by atoms with van der Waals surface area (Å²) in [4.78, 5) is 25.5. The summed E-state index contributed by atoms with van der Waals surface area (Å²) in [6.45, 7) is 10.0. The van der Waals surface area contributed by atoms with E-state index >= 15 is 0 Å². The van der Waals surface area contributed by atoms with Crippen LogP contribution in [0.3, 0.4) is 0 Å². The van der Waals surface area contributed by atoms with E-state index in [4.69, 9.17) is 10.5 Å². The van der Waals surface area contributed by atoms with Crippen LogP contribution >= 0.6 is 0 Å². The second-order valence-corrected chi connectivity index (χ2v) is 6.55. The number of ether oxygens (including phenoxy) is 1. The third kappa shape index (κ3) is 4.47. The highest BCUT2D eigenvalue weighted by Crippen LogP contribution is 2.34. The first-order valence-corrected chi connectivity index (χ1v) is 7.48. The zero-order valence-corrected chi connectivity index (χ0v) is 13.1. The lowest BCUT2D eigenvalue weighted by atomic mass is 9.77. The zero-order valence-electron chi connectivity index (χ0n) is 13.1. The van der Waals surface area contributed by atoms with Crippen molar-refractivity contribution in [2.45, 2.75) is 53.0 Å². The molecule has 0 radical (unpaired) electrons. The SMILES string of the molecule is CCOC(=O)C(N)C(=O)N1CCCC(C(C)(C)C)CC1. The smallest absolute Gasteiger partial charge is 0.332 e. The fraction of sp³-hybridized carbons (Fsp3) is 0.867. The van der Waals surface area contributed by atoms with Gasteiger partial charge in [-0.25, -0.2) is 4.79 Å². The average Bonchev–Trinajstić information content (AvgIpc) is 2.62. The molecule has 0 aromatic carbocycles. The van der Waals surface area contributed by atoms with E-state index in [0.29, 0.717) is 19.0 Å². The van der Waals surface area contributed by atoms with Crippen LogP contribution in [0, 0.1) is 11.3 Å². The van der Waals surface area contributed by atoms with Crippen LogP contribution in [0.25, 0.3) is 0 Å². The average molecular weight is 284 g/mol. The molecule has 116 valence electrons. The summed E-state index contributed by atoms with van der Waals surface area (Å²) >= 11 is 0. The lowest BCUT2D eigenvalue weighted by Crippen LogP contribution is -2.49. The molecule has 0 spiro atoms. The third-order valence-corrected chi connectivity index (χ3v) is 4.07. The van der Waals surface area contributed by atoms with Crippen LogP contribution in [0.15, 0.2) is 0 Å². The molecule has 2 N–H and O–H groups in total. The maximum Gasteiger partial charge on any atom is 0.332 e. The number of carbonyl (C=O) groups excluding carboxylic acids is 2. The van der Waals surface area contributed by atoms with Gasteiger partial charge < -0.3 is 15.4 Å². The van der Waals surface area contributed by atoms with Gasteiger partial charge in [0.05, 0.1) is 6.61 Å². The molecule has 1 fully saturated rings. The molecule has 1 heterocycles. The number of likely N-dealkylation sites (tertiary alicyclic amines) is 1. The molecule has 0 bridgehead atoms. The number of esters is 1. The normalized spacial score (nSPS) is 22.1. The Kier molecular flexibility index (Phi) is 5.99. The minimum absolute atomic E-state index is 0.242. The van der Waals surface area contributed by atoms with E-state index in [1.807, 2.05) is 0 Å². The lowest BCUT2D eigenvalue weighted by Gasteiger charge is -2.30. The van der Waals surface area contributed by atoms with Crippen LogP contribution in [-0.2, 0) is 14.3 Å². The molecule has 20 heavy (non-hydrogen) atoms. The van der Waals surface area contributed by atoms with Crippen LogP contribution in [0.2, 0.25) is 0 Å². The van der Waals surface area contributed by atoms with Gasteiger partial charge in [0.1, 0.15) is 0 Å². The third-order valence-electron chi connectivity index (χ3n) is 4.07. The van der Waals surface area contributed by atoms with Crippen LogP contribution in [0.5, 0.6) is 0 Å². The number of nitrogens with two attached hydrogens (primary N) is 1. The number of amides is 1. The standard InChI is InChI=1S/C15H28N2O3/c1-5-20-14(19)12(16)13(18)17-9-6-7-11(8-10-17)15(2,3)4/h11-12H,5-10,16H2,1-4H3. The van der Waals surface area contributed by atoms with Gasteiger partial charge in [-0.05, 0) is 37.5 Å². The summed E-state index contributed by atoms with van der Waals surface area (Å²) in [5, 5.41) is 0. The van der Waals surface area contributed by atoms with Crippen LogP contribution < -0.4 is 5.73 Å². The van der Waals surface area contributed by atoms with Gasteiger partial charge in [-0.3, -0.25) is 4.79 Å². The minimum Gasteiger partial charge on any atom is -0.464 e. The molecule has 0 aromatic heterocycles. The van der Waals surface area contributed by atoms with Crippen molar-refractivity contribution in [1.29, 1.82) is 0 Å². The highest BCUT2D eigenvalue weighted by molar-refractivity contribution is 6.01. The minimum atomic E-state index is -1.18. The van der Waals surface area contributed by atoms with Crippen molar-refractivity contribution in [2.24, 2.45) is 17.1 Å². The first kappa shape index (κ1) is 17.0. The number of hydrogen-bond acceptors (Lipinski definition) is 4. The molecule has 0 saturated carbocycles. The number of hydrogen-bond donors (Lipinski definition) is 1. The van der Waals surface area contributed by atoms with Gasteiger partial charge >= 0.3 is 5.97 Å². The largest absolute Gasteiger partial charge is 0.464 e. The fourth-order valence-corrected chi connectivity index (χ4v) is 2.71. The van der Waals surface area contributed by atoms with E-state index in [1.165, 1.54) is 0 Å². The first-order chi connectivity index (χ1) is 9.27. The number of carbonyl (C=O) groups is 2. The van der Waals surface area contributed by atoms with Crippen molar-refractivity contribution in [1.82, 2.24) is 4.90 Å². The van der Waals surface area contributed by atoms with E-state index in [2.05, 4.69) is 20.8 Å². The molecular weight excluding hydrogens is 256 g/mol. The Morgan fingerprint density at radius 2 is 1.95 bits per heavy atom. The Balaban J connectivity index is 2.60. The van der Waals surface area contributed by atoms with Crippen molar-refractivity contribution in [3.05, 3.63) is 0 Å². The summed E-state index contributed by atoms with van der Waals surface area (Å²) in [6.07, 6.45) is 3.04. The van der Waals surface area contributed by atoms with Gasteiger partial charge in [-0.15, -0.1) is 0 Å². The van der Waals surface area contributed by atoms with Crippen molar-refractivity contribution < 1.29 is 14.3 Å². The maximum atomic E-state index is 12.2. The molecule has 5 nitrogen and oxygen atoms in total. The predicted octanol–water partition coefficient (Wildman–Crippen LogP) is 1.55. The quantitative estimate of drug-likeness (QED) is 0.630. The molecule has 2 atom stereocenters. The summed E-state index contributed by atoms with van der Waals surface area (Å²) in [6, 6.07) is -1.18. The molecule has 0 aromatic rings. The number of nitrogens with zero attached hydrogens (tertiary/aromatic N) is 1. The second-order valence-electron chi connectivity index (χ2n) is 6.55. The van der Waals surface area contributed by atoms with Gasteiger partial charge in [-0.2, -0.15) is 0 Å². The molecular formula is C15H28N2O3. The molecule has 1 aliphatic heterocycles. The van der Waals surface area contributed by atoms with Crippen LogP contribution in [-0.4, -0.2) is 42.5 Å². The second kappa shape index (κ2) is 7.07. The van der Waals surface area contributed by atoms with Gasteiger partial charge in [0.25, 0.3) is 5.91 Å². The topological polar surface area (TPSA) is 72.6 Å². The van der Waals surface area contributed by atoms with Gasteiger partial charge in [0.2, 0.25) is 0 Å². The first-order valence-electron chi connectivity index (χ1n) is 7.48.